The predicted octanol–water partition coefficient (Wildman–Crippen LogP) is 2.01. The first-order valence-electron chi connectivity index (χ1n) is 6.79. The van der Waals surface area contributed by atoms with Crippen LogP contribution in [0.2, 0.25) is 0 Å². The van der Waals surface area contributed by atoms with Gasteiger partial charge in [-0.2, -0.15) is 4.31 Å². The fraction of sp³-hybridized carbons (Fsp3) is 0.500. The van der Waals surface area contributed by atoms with Gasteiger partial charge in [-0.15, -0.1) is 0 Å². The average Bonchev–Trinajstić information content (AvgIpc) is 2.81. The third-order valence-electron chi connectivity index (χ3n) is 3.85. The van der Waals surface area contributed by atoms with Crippen LogP contribution in [0.15, 0.2) is 23.1 Å². The van der Waals surface area contributed by atoms with Crippen molar-refractivity contribution < 1.29 is 22.7 Å². The number of halogens is 1. The van der Waals surface area contributed by atoms with Crippen molar-refractivity contribution in [3.05, 3.63) is 29.6 Å². The molecule has 2 rings (SSSR count). The van der Waals surface area contributed by atoms with Crippen LogP contribution in [0.3, 0.4) is 0 Å². The topological polar surface area (TPSA) is 74.7 Å². The number of carbonyl (C=O) groups is 1. The van der Waals surface area contributed by atoms with Crippen molar-refractivity contribution in [2.45, 2.75) is 37.6 Å². The summed E-state index contributed by atoms with van der Waals surface area (Å²) < 4.78 is 39.9. The van der Waals surface area contributed by atoms with Gasteiger partial charge in [-0.3, -0.25) is 4.79 Å². The van der Waals surface area contributed by atoms with Gasteiger partial charge in [0.15, 0.2) is 0 Å². The Balaban J connectivity index is 2.42. The summed E-state index contributed by atoms with van der Waals surface area (Å²) in [5.74, 6) is -2.31. The third-order valence-corrected chi connectivity index (χ3v) is 5.75. The van der Waals surface area contributed by atoms with E-state index in [0.29, 0.717) is 12.0 Å². The van der Waals surface area contributed by atoms with E-state index in [1.165, 1.54) is 16.4 Å². The summed E-state index contributed by atoms with van der Waals surface area (Å²) in [7, 11) is -3.88. The minimum Gasteiger partial charge on any atom is -0.481 e. The molecule has 7 heteroatoms. The lowest BCUT2D eigenvalue weighted by atomic mass is 9.99. The molecule has 0 radical (unpaired) electrons. The molecular formula is C14H18FNO4S. The summed E-state index contributed by atoms with van der Waals surface area (Å²) >= 11 is 0. The molecular weight excluding hydrogens is 297 g/mol. The maximum atomic E-state index is 13.5. The lowest BCUT2D eigenvalue weighted by Gasteiger charge is -2.25. The molecule has 0 saturated carbocycles. The third kappa shape index (κ3) is 2.94. The summed E-state index contributed by atoms with van der Waals surface area (Å²) in [6.07, 6.45) is 0.686. The smallest absolute Gasteiger partial charge is 0.308 e. The minimum atomic E-state index is -3.88. The number of benzene rings is 1. The van der Waals surface area contributed by atoms with E-state index < -0.39 is 33.8 Å². The summed E-state index contributed by atoms with van der Waals surface area (Å²) in [5, 5.41) is 9.18. The molecule has 0 amide bonds. The zero-order valence-electron chi connectivity index (χ0n) is 11.9. The van der Waals surface area contributed by atoms with Crippen molar-refractivity contribution in [2.75, 3.05) is 6.54 Å². The SMILES string of the molecule is CCC1C(C(=O)O)CCN1S(=O)(=O)c1cc(C)cc(F)c1. The van der Waals surface area contributed by atoms with Gasteiger partial charge >= 0.3 is 5.97 Å². The van der Waals surface area contributed by atoms with Crippen LogP contribution in [-0.4, -0.2) is 36.4 Å². The van der Waals surface area contributed by atoms with Crippen molar-refractivity contribution in [3.8, 4) is 0 Å². The Morgan fingerprint density at radius 1 is 1.43 bits per heavy atom. The van der Waals surface area contributed by atoms with Gasteiger partial charge in [0.1, 0.15) is 5.82 Å². The van der Waals surface area contributed by atoms with E-state index in [9.17, 15) is 22.7 Å². The number of hydrogen-bond acceptors (Lipinski definition) is 3. The Kier molecular flexibility index (Phi) is 4.34. The van der Waals surface area contributed by atoms with E-state index in [0.717, 1.165) is 6.07 Å². The number of carboxylic acids is 1. The van der Waals surface area contributed by atoms with Gasteiger partial charge in [0.05, 0.1) is 10.8 Å². The molecule has 1 aliphatic rings. The highest BCUT2D eigenvalue weighted by molar-refractivity contribution is 7.89. The van der Waals surface area contributed by atoms with Crippen molar-refractivity contribution in [3.63, 3.8) is 0 Å². The van der Waals surface area contributed by atoms with E-state index in [1.54, 1.807) is 13.8 Å². The van der Waals surface area contributed by atoms with E-state index >= 15 is 0 Å². The lowest BCUT2D eigenvalue weighted by Crippen LogP contribution is -2.39. The average molecular weight is 315 g/mol. The quantitative estimate of drug-likeness (QED) is 0.922. The first-order valence-corrected chi connectivity index (χ1v) is 8.23. The fourth-order valence-corrected chi connectivity index (χ4v) is 4.75. The molecule has 2 atom stereocenters. The van der Waals surface area contributed by atoms with E-state index in [-0.39, 0.29) is 17.9 Å². The number of hydrogen-bond donors (Lipinski definition) is 1. The summed E-state index contributed by atoms with van der Waals surface area (Å²) in [5.41, 5.74) is 0.510. The van der Waals surface area contributed by atoms with Crippen LogP contribution < -0.4 is 0 Å². The van der Waals surface area contributed by atoms with E-state index in [2.05, 4.69) is 0 Å². The second-order valence-corrected chi connectivity index (χ2v) is 7.18. The maximum Gasteiger partial charge on any atom is 0.308 e. The minimum absolute atomic E-state index is 0.121. The number of aliphatic carboxylic acids is 1. The summed E-state index contributed by atoms with van der Waals surface area (Å²) in [4.78, 5) is 11.1. The Labute approximate surface area is 123 Å². The number of sulfonamides is 1. The first kappa shape index (κ1) is 15.9. The van der Waals surface area contributed by atoms with Crippen LogP contribution in [0.4, 0.5) is 4.39 Å². The molecule has 1 heterocycles. The lowest BCUT2D eigenvalue weighted by molar-refractivity contribution is -0.142. The van der Waals surface area contributed by atoms with E-state index in [1.807, 2.05) is 0 Å². The zero-order chi connectivity index (χ0) is 15.8. The van der Waals surface area contributed by atoms with Crippen molar-refractivity contribution in [1.82, 2.24) is 4.31 Å². The first-order chi connectivity index (χ1) is 9.77. The second kappa shape index (κ2) is 5.73. The molecule has 1 aliphatic heterocycles. The van der Waals surface area contributed by atoms with Crippen molar-refractivity contribution in [1.29, 1.82) is 0 Å². The molecule has 116 valence electrons. The molecule has 1 aromatic carbocycles. The normalized spacial score (nSPS) is 23.4. The molecule has 1 N–H and O–H groups in total. The molecule has 5 nitrogen and oxygen atoms in total. The van der Waals surface area contributed by atoms with Gasteiger partial charge in [-0.05, 0) is 43.5 Å². The molecule has 1 aromatic rings. The van der Waals surface area contributed by atoms with Gasteiger partial charge in [0, 0.05) is 12.6 Å². The van der Waals surface area contributed by atoms with E-state index in [4.69, 9.17) is 0 Å². The number of rotatable bonds is 4. The highest BCUT2D eigenvalue weighted by Gasteiger charge is 2.43. The van der Waals surface area contributed by atoms with Gasteiger partial charge in [0.2, 0.25) is 10.0 Å². The maximum absolute atomic E-state index is 13.5. The zero-order valence-corrected chi connectivity index (χ0v) is 12.7. The highest BCUT2D eigenvalue weighted by Crippen LogP contribution is 2.32. The van der Waals surface area contributed by atoms with Gasteiger partial charge in [-0.25, -0.2) is 12.8 Å². The fourth-order valence-electron chi connectivity index (χ4n) is 2.89. The Morgan fingerprint density at radius 3 is 2.62 bits per heavy atom. The van der Waals surface area contributed by atoms with Gasteiger partial charge < -0.3 is 5.11 Å². The van der Waals surface area contributed by atoms with Crippen LogP contribution in [0, 0.1) is 18.7 Å². The molecule has 2 unspecified atom stereocenters. The highest BCUT2D eigenvalue weighted by atomic mass is 32.2. The Bertz CT molecular complexity index is 639. The molecule has 1 fully saturated rings. The predicted molar refractivity (Wildman–Crippen MR) is 74.9 cm³/mol. The number of aryl methyl sites for hydroxylation is 1. The van der Waals surface area contributed by atoms with Crippen molar-refractivity contribution >= 4 is 16.0 Å². The second-order valence-electron chi connectivity index (χ2n) is 5.29. The van der Waals surface area contributed by atoms with Crippen LogP contribution in [0.5, 0.6) is 0 Å². The molecule has 1 saturated heterocycles. The largest absolute Gasteiger partial charge is 0.481 e. The van der Waals surface area contributed by atoms with Crippen LogP contribution in [-0.2, 0) is 14.8 Å². The van der Waals surface area contributed by atoms with Gasteiger partial charge in [0.25, 0.3) is 0 Å². The Hall–Kier alpha value is -1.47. The number of nitrogens with zero attached hydrogens (tertiary/aromatic N) is 1. The Morgan fingerprint density at radius 2 is 2.10 bits per heavy atom. The van der Waals surface area contributed by atoms with Crippen molar-refractivity contribution in [2.24, 2.45) is 5.92 Å². The van der Waals surface area contributed by atoms with Crippen LogP contribution in [0.25, 0.3) is 0 Å². The standard InChI is InChI=1S/C14H18FNO4S/c1-3-13-12(14(17)18)4-5-16(13)21(19,20)11-7-9(2)6-10(15)8-11/h6-8,12-13H,3-5H2,1-2H3,(H,17,18). The summed E-state index contributed by atoms with van der Waals surface area (Å²) in [6, 6.07) is 3.04. The molecule has 0 aliphatic carbocycles. The monoisotopic (exact) mass is 315 g/mol. The molecule has 0 bridgehead atoms. The molecule has 21 heavy (non-hydrogen) atoms. The van der Waals surface area contributed by atoms with Crippen LogP contribution >= 0.6 is 0 Å². The summed E-state index contributed by atoms with van der Waals surface area (Å²) in [6.45, 7) is 3.52. The van der Waals surface area contributed by atoms with Crippen LogP contribution in [0.1, 0.15) is 25.3 Å². The number of carboxylic acid groups (broad SMARTS) is 1. The molecule has 0 spiro atoms. The molecule has 0 aromatic heterocycles. The van der Waals surface area contributed by atoms with Gasteiger partial charge in [-0.1, -0.05) is 6.92 Å².